The first-order chi connectivity index (χ1) is 13.9. The predicted molar refractivity (Wildman–Crippen MR) is 119 cm³/mol. The summed E-state index contributed by atoms with van der Waals surface area (Å²) in [6.07, 6.45) is 5.18. The van der Waals surface area contributed by atoms with Crippen LogP contribution in [0.25, 0.3) is 11.8 Å². The first kappa shape index (κ1) is 19.9. The Morgan fingerprint density at radius 3 is 2.52 bits per heavy atom. The summed E-state index contributed by atoms with van der Waals surface area (Å²) >= 11 is 2.27. The lowest BCUT2D eigenvalue weighted by atomic mass is 10.1. The zero-order valence-electron chi connectivity index (χ0n) is 16.4. The van der Waals surface area contributed by atoms with Crippen LogP contribution in [0.2, 0.25) is 0 Å². The number of nitrogens with zero attached hydrogens (tertiary/aromatic N) is 2. The maximum atomic E-state index is 13.0. The van der Waals surface area contributed by atoms with E-state index in [0.29, 0.717) is 0 Å². The summed E-state index contributed by atoms with van der Waals surface area (Å²) in [5, 5.41) is 2.34. The van der Waals surface area contributed by atoms with Gasteiger partial charge in [0.05, 0.1) is 0 Å². The van der Waals surface area contributed by atoms with Crippen molar-refractivity contribution in [2.24, 2.45) is 0 Å². The lowest BCUT2D eigenvalue weighted by Crippen LogP contribution is -2.57. The van der Waals surface area contributed by atoms with Crippen LogP contribution in [0.4, 0.5) is 4.79 Å². The van der Waals surface area contributed by atoms with Gasteiger partial charge in [-0.1, -0.05) is 18.9 Å². The van der Waals surface area contributed by atoms with Crippen LogP contribution in [0.1, 0.15) is 42.6 Å². The molecule has 1 aromatic heterocycles. The lowest BCUT2D eigenvalue weighted by Gasteiger charge is -2.31. The van der Waals surface area contributed by atoms with Gasteiger partial charge in [-0.25, -0.2) is 4.79 Å². The Labute approximate surface area is 183 Å². The van der Waals surface area contributed by atoms with Crippen molar-refractivity contribution in [1.29, 1.82) is 0 Å². The number of benzene rings is 1. The van der Waals surface area contributed by atoms with Gasteiger partial charge in [-0.05, 0) is 85.2 Å². The summed E-state index contributed by atoms with van der Waals surface area (Å²) in [6, 6.07) is 9.36. The van der Waals surface area contributed by atoms with Gasteiger partial charge in [0, 0.05) is 26.7 Å². The number of aryl methyl sites for hydroxylation is 1. The van der Waals surface area contributed by atoms with Crippen LogP contribution in [0, 0.1) is 17.4 Å². The first-order valence-corrected chi connectivity index (χ1v) is 10.8. The number of carbonyl (C=O) groups is 3. The number of barbiturate groups is 1. The molecule has 6 nitrogen and oxygen atoms in total. The molecular formula is C22H22IN3O3. The summed E-state index contributed by atoms with van der Waals surface area (Å²) in [5.41, 5.74) is 3.77. The molecule has 1 aromatic carbocycles. The quantitative estimate of drug-likeness (QED) is 0.390. The lowest BCUT2D eigenvalue weighted by molar-refractivity contribution is -0.131. The maximum absolute atomic E-state index is 13.0. The van der Waals surface area contributed by atoms with E-state index >= 15 is 0 Å². The Morgan fingerprint density at radius 1 is 1.10 bits per heavy atom. The van der Waals surface area contributed by atoms with Gasteiger partial charge in [0.2, 0.25) is 0 Å². The molecule has 0 unspecified atom stereocenters. The highest BCUT2D eigenvalue weighted by atomic mass is 127. The molecule has 4 amide bonds. The van der Waals surface area contributed by atoms with Crippen molar-refractivity contribution in [2.75, 3.05) is 0 Å². The van der Waals surface area contributed by atoms with Gasteiger partial charge in [-0.15, -0.1) is 0 Å². The smallest absolute Gasteiger partial charge is 0.318 e. The molecule has 2 fully saturated rings. The molecule has 0 spiro atoms. The van der Waals surface area contributed by atoms with E-state index in [9.17, 15) is 14.4 Å². The topological polar surface area (TPSA) is 71.4 Å². The predicted octanol–water partition coefficient (Wildman–Crippen LogP) is 4.10. The minimum atomic E-state index is -0.631. The number of urea groups is 1. The molecule has 4 rings (SSSR count). The van der Waals surface area contributed by atoms with E-state index in [1.165, 1.54) is 4.90 Å². The Hall–Kier alpha value is -2.42. The van der Waals surface area contributed by atoms with Crippen LogP contribution < -0.4 is 5.32 Å². The Kier molecular flexibility index (Phi) is 5.33. The van der Waals surface area contributed by atoms with E-state index < -0.39 is 17.8 Å². The van der Waals surface area contributed by atoms with Crippen molar-refractivity contribution in [3.63, 3.8) is 0 Å². The second kappa shape index (κ2) is 7.78. The molecule has 7 heteroatoms. The number of hydrogen-bond donors (Lipinski definition) is 1. The number of imide groups is 2. The van der Waals surface area contributed by atoms with Crippen LogP contribution >= 0.6 is 22.6 Å². The molecule has 1 aliphatic carbocycles. The zero-order valence-corrected chi connectivity index (χ0v) is 18.5. The molecule has 0 radical (unpaired) electrons. The Bertz CT molecular complexity index is 1050. The van der Waals surface area contributed by atoms with Crippen molar-refractivity contribution in [2.45, 2.75) is 45.6 Å². The van der Waals surface area contributed by atoms with Crippen LogP contribution in [-0.4, -0.2) is 33.4 Å². The van der Waals surface area contributed by atoms with Crippen LogP contribution in [-0.2, 0) is 9.59 Å². The Morgan fingerprint density at radius 2 is 1.83 bits per heavy atom. The molecular weight excluding hydrogens is 481 g/mol. The van der Waals surface area contributed by atoms with Crippen LogP contribution in [0.5, 0.6) is 0 Å². The third kappa shape index (κ3) is 3.63. The minimum Gasteiger partial charge on any atom is -0.318 e. The second-order valence-corrected chi connectivity index (χ2v) is 8.82. The number of carbonyl (C=O) groups excluding carboxylic acids is 3. The third-order valence-electron chi connectivity index (χ3n) is 5.66. The molecule has 1 aliphatic heterocycles. The summed E-state index contributed by atoms with van der Waals surface area (Å²) < 4.78 is 3.22. The number of hydrogen-bond acceptors (Lipinski definition) is 3. The van der Waals surface area contributed by atoms with E-state index in [1.54, 1.807) is 6.08 Å². The van der Waals surface area contributed by atoms with Crippen LogP contribution in [0.3, 0.4) is 0 Å². The molecule has 2 aromatic rings. The SMILES string of the molecule is Cc1cc(/C=C2\C(=O)NC(=O)N(C3CCCC3)C2=O)c(C)n1-c1cccc(I)c1. The maximum Gasteiger partial charge on any atom is 0.331 e. The molecule has 150 valence electrons. The zero-order chi connectivity index (χ0) is 20.7. The first-order valence-electron chi connectivity index (χ1n) is 9.72. The summed E-state index contributed by atoms with van der Waals surface area (Å²) in [7, 11) is 0. The highest BCUT2D eigenvalue weighted by molar-refractivity contribution is 14.1. The monoisotopic (exact) mass is 503 g/mol. The minimum absolute atomic E-state index is 0.0133. The van der Waals surface area contributed by atoms with E-state index in [0.717, 1.165) is 51.9 Å². The van der Waals surface area contributed by atoms with Gasteiger partial charge in [0.25, 0.3) is 11.8 Å². The molecule has 1 saturated heterocycles. The van der Waals surface area contributed by atoms with Crippen molar-refractivity contribution in [3.8, 4) is 5.69 Å². The molecule has 2 heterocycles. The van der Waals surface area contributed by atoms with E-state index in [-0.39, 0.29) is 11.6 Å². The number of aromatic nitrogens is 1. The molecule has 1 saturated carbocycles. The molecule has 1 N–H and O–H groups in total. The largest absolute Gasteiger partial charge is 0.331 e. The number of amides is 4. The highest BCUT2D eigenvalue weighted by Crippen LogP contribution is 2.28. The summed E-state index contributed by atoms with van der Waals surface area (Å²) in [5.74, 6) is -1.13. The second-order valence-electron chi connectivity index (χ2n) is 7.57. The fourth-order valence-electron chi connectivity index (χ4n) is 4.27. The van der Waals surface area contributed by atoms with Gasteiger partial charge in [0.15, 0.2) is 0 Å². The number of rotatable bonds is 3. The average Bonchev–Trinajstić information content (AvgIpc) is 3.27. The molecule has 2 aliphatic rings. The van der Waals surface area contributed by atoms with Gasteiger partial charge >= 0.3 is 6.03 Å². The standard InChI is InChI=1S/C22H22IN3O3/c1-13-10-15(14(2)25(13)18-9-5-6-16(23)12-18)11-19-20(27)24-22(29)26(21(19)28)17-7-3-4-8-17/h5-6,9-12,17H,3-4,7-8H2,1-2H3,(H,24,27,29)/b19-11+. The number of nitrogens with one attached hydrogen (secondary N) is 1. The third-order valence-corrected chi connectivity index (χ3v) is 6.33. The summed E-state index contributed by atoms with van der Waals surface area (Å²) in [6.45, 7) is 3.95. The highest BCUT2D eigenvalue weighted by Gasteiger charge is 2.40. The molecule has 0 bridgehead atoms. The average molecular weight is 503 g/mol. The fourth-order valence-corrected chi connectivity index (χ4v) is 4.79. The van der Waals surface area contributed by atoms with Crippen molar-refractivity contribution in [3.05, 3.63) is 56.4 Å². The van der Waals surface area contributed by atoms with E-state index in [2.05, 4.69) is 38.5 Å². The Balaban J connectivity index is 1.73. The van der Waals surface area contributed by atoms with E-state index in [1.807, 2.05) is 38.1 Å². The van der Waals surface area contributed by atoms with Crippen LogP contribution in [0.15, 0.2) is 35.9 Å². The van der Waals surface area contributed by atoms with Crippen molar-refractivity contribution >= 4 is 46.5 Å². The normalized spacial score (nSPS) is 19.3. The molecule has 29 heavy (non-hydrogen) atoms. The van der Waals surface area contributed by atoms with Gasteiger partial charge < -0.3 is 4.57 Å². The van der Waals surface area contributed by atoms with Gasteiger partial charge in [-0.3, -0.25) is 19.8 Å². The summed E-state index contributed by atoms with van der Waals surface area (Å²) in [4.78, 5) is 39.0. The fraction of sp³-hybridized carbons (Fsp3) is 0.318. The number of halogens is 1. The molecule has 0 atom stereocenters. The van der Waals surface area contributed by atoms with Crippen molar-refractivity contribution < 1.29 is 14.4 Å². The van der Waals surface area contributed by atoms with Crippen molar-refractivity contribution in [1.82, 2.24) is 14.8 Å². The van der Waals surface area contributed by atoms with E-state index in [4.69, 9.17) is 0 Å². The van der Waals surface area contributed by atoms with Gasteiger partial charge in [0.1, 0.15) is 5.57 Å². The van der Waals surface area contributed by atoms with Gasteiger partial charge in [-0.2, -0.15) is 0 Å².